The molecule has 102 valence electrons. The molecule has 1 rings (SSSR count). The summed E-state index contributed by atoms with van der Waals surface area (Å²) < 4.78 is 5.24. The lowest BCUT2D eigenvalue weighted by Crippen LogP contribution is -2.39. The van der Waals surface area contributed by atoms with Gasteiger partial charge in [-0.15, -0.1) is 0 Å². The molecule has 0 saturated heterocycles. The maximum atomic E-state index is 6.03. The average Bonchev–Trinajstić information content (AvgIpc) is 2.31. The van der Waals surface area contributed by atoms with Gasteiger partial charge in [0, 0.05) is 19.2 Å². The molecule has 0 aliphatic rings. The van der Waals surface area contributed by atoms with E-state index in [-0.39, 0.29) is 6.04 Å². The van der Waals surface area contributed by atoms with Crippen LogP contribution >= 0.6 is 23.2 Å². The monoisotopic (exact) mass is 289 g/mol. The number of methoxy groups -OCH3 is 1. The number of halogens is 2. The second-order valence-electron chi connectivity index (χ2n) is 4.87. The van der Waals surface area contributed by atoms with Crippen LogP contribution in [0.25, 0.3) is 0 Å². The van der Waals surface area contributed by atoms with E-state index in [1.165, 1.54) is 0 Å². The first-order chi connectivity index (χ1) is 8.45. The molecule has 18 heavy (non-hydrogen) atoms. The summed E-state index contributed by atoms with van der Waals surface area (Å²) in [6.07, 6.45) is 0. The Labute approximate surface area is 120 Å². The molecule has 0 heterocycles. The minimum Gasteiger partial charge on any atom is -0.383 e. The van der Waals surface area contributed by atoms with Crippen LogP contribution in [0.3, 0.4) is 0 Å². The Hall–Kier alpha value is -0.280. The van der Waals surface area contributed by atoms with Gasteiger partial charge in [-0.1, -0.05) is 43.1 Å². The van der Waals surface area contributed by atoms with Crippen molar-refractivity contribution in [2.24, 2.45) is 5.92 Å². The van der Waals surface area contributed by atoms with Gasteiger partial charge in [0.05, 0.1) is 16.7 Å². The summed E-state index contributed by atoms with van der Waals surface area (Å²) in [5, 5.41) is 4.73. The number of hydrogen-bond acceptors (Lipinski definition) is 2. The van der Waals surface area contributed by atoms with Crippen LogP contribution < -0.4 is 5.32 Å². The Morgan fingerprint density at radius 3 is 2.33 bits per heavy atom. The number of benzene rings is 1. The summed E-state index contributed by atoms with van der Waals surface area (Å²) >= 11 is 12.0. The van der Waals surface area contributed by atoms with E-state index in [1.54, 1.807) is 7.11 Å². The summed E-state index contributed by atoms with van der Waals surface area (Å²) in [4.78, 5) is 0. The van der Waals surface area contributed by atoms with Crippen LogP contribution in [0.5, 0.6) is 0 Å². The van der Waals surface area contributed by atoms with Crippen molar-refractivity contribution in [2.45, 2.75) is 32.9 Å². The van der Waals surface area contributed by atoms with E-state index in [1.807, 2.05) is 18.2 Å². The second-order valence-corrected chi connectivity index (χ2v) is 5.68. The molecule has 1 aromatic carbocycles. The van der Waals surface area contributed by atoms with Crippen molar-refractivity contribution in [1.29, 1.82) is 0 Å². The number of hydrogen-bond donors (Lipinski definition) is 1. The van der Waals surface area contributed by atoms with E-state index in [2.05, 4.69) is 26.1 Å². The molecule has 0 aromatic heterocycles. The molecule has 1 aromatic rings. The molecule has 2 nitrogen and oxygen atoms in total. The first-order valence-corrected chi connectivity index (χ1v) is 6.91. The molecule has 0 fully saturated rings. The van der Waals surface area contributed by atoms with Gasteiger partial charge in [0.25, 0.3) is 0 Å². The van der Waals surface area contributed by atoms with Gasteiger partial charge < -0.3 is 10.1 Å². The molecule has 0 aliphatic carbocycles. The van der Waals surface area contributed by atoms with Gasteiger partial charge in [-0.05, 0) is 30.5 Å². The van der Waals surface area contributed by atoms with Gasteiger partial charge in [0.1, 0.15) is 0 Å². The molecular weight excluding hydrogens is 269 g/mol. The van der Waals surface area contributed by atoms with Gasteiger partial charge in [-0.3, -0.25) is 0 Å². The highest BCUT2D eigenvalue weighted by molar-refractivity contribution is 6.42. The predicted molar refractivity (Wildman–Crippen MR) is 78.5 cm³/mol. The Bertz CT molecular complexity index is 382. The lowest BCUT2D eigenvalue weighted by Gasteiger charge is -2.26. The highest BCUT2D eigenvalue weighted by Gasteiger charge is 2.17. The average molecular weight is 290 g/mol. The Balaban J connectivity index is 2.73. The van der Waals surface area contributed by atoms with E-state index in [0.29, 0.717) is 28.6 Å². The Morgan fingerprint density at radius 2 is 1.83 bits per heavy atom. The van der Waals surface area contributed by atoms with Gasteiger partial charge in [0.2, 0.25) is 0 Å². The standard InChI is InChI=1S/C14H21Cl2NO/c1-9(2)14(8-18-4)17-10(3)11-5-6-12(15)13(16)7-11/h5-7,9-10,14,17H,8H2,1-4H3. The van der Waals surface area contributed by atoms with Crippen molar-refractivity contribution in [3.8, 4) is 0 Å². The van der Waals surface area contributed by atoms with E-state index in [0.717, 1.165) is 5.56 Å². The fraction of sp³-hybridized carbons (Fsp3) is 0.571. The molecule has 0 spiro atoms. The van der Waals surface area contributed by atoms with E-state index < -0.39 is 0 Å². The highest BCUT2D eigenvalue weighted by atomic mass is 35.5. The fourth-order valence-corrected chi connectivity index (χ4v) is 2.12. The molecule has 0 bridgehead atoms. The number of rotatable bonds is 6. The van der Waals surface area contributed by atoms with Gasteiger partial charge in [0.15, 0.2) is 0 Å². The van der Waals surface area contributed by atoms with Crippen molar-refractivity contribution >= 4 is 23.2 Å². The van der Waals surface area contributed by atoms with Gasteiger partial charge in [-0.25, -0.2) is 0 Å². The lowest BCUT2D eigenvalue weighted by molar-refractivity contribution is 0.141. The predicted octanol–water partition coefficient (Wildman–Crippen LogP) is 4.32. The summed E-state index contributed by atoms with van der Waals surface area (Å²) in [6, 6.07) is 6.27. The zero-order valence-electron chi connectivity index (χ0n) is 11.3. The summed E-state index contributed by atoms with van der Waals surface area (Å²) in [7, 11) is 1.72. The Morgan fingerprint density at radius 1 is 1.17 bits per heavy atom. The largest absolute Gasteiger partial charge is 0.383 e. The lowest BCUT2D eigenvalue weighted by atomic mass is 10.0. The zero-order valence-corrected chi connectivity index (χ0v) is 12.8. The molecule has 1 N–H and O–H groups in total. The second kappa shape index (κ2) is 7.34. The third-order valence-electron chi connectivity index (χ3n) is 3.06. The fourth-order valence-electron chi connectivity index (χ4n) is 1.81. The maximum absolute atomic E-state index is 6.03. The quantitative estimate of drug-likeness (QED) is 0.842. The SMILES string of the molecule is COCC(NC(C)c1ccc(Cl)c(Cl)c1)C(C)C. The van der Waals surface area contributed by atoms with Crippen LogP contribution in [-0.2, 0) is 4.74 Å². The third-order valence-corrected chi connectivity index (χ3v) is 3.80. The topological polar surface area (TPSA) is 21.3 Å². The van der Waals surface area contributed by atoms with Crippen molar-refractivity contribution in [3.63, 3.8) is 0 Å². The normalized spacial score (nSPS) is 14.8. The highest BCUT2D eigenvalue weighted by Crippen LogP contribution is 2.26. The van der Waals surface area contributed by atoms with Gasteiger partial charge >= 0.3 is 0 Å². The molecule has 0 amide bonds. The van der Waals surface area contributed by atoms with Crippen LogP contribution in [0.15, 0.2) is 18.2 Å². The molecule has 4 heteroatoms. The van der Waals surface area contributed by atoms with Crippen LogP contribution in [-0.4, -0.2) is 19.8 Å². The minimum absolute atomic E-state index is 0.210. The van der Waals surface area contributed by atoms with E-state index >= 15 is 0 Å². The Kier molecular flexibility index (Phi) is 6.44. The van der Waals surface area contributed by atoms with Crippen LogP contribution in [0.2, 0.25) is 10.0 Å². The van der Waals surface area contributed by atoms with Crippen LogP contribution in [0.1, 0.15) is 32.4 Å². The smallest absolute Gasteiger partial charge is 0.0618 e. The zero-order chi connectivity index (χ0) is 13.7. The van der Waals surface area contributed by atoms with Crippen molar-refractivity contribution in [3.05, 3.63) is 33.8 Å². The van der Waals surface area contributed by atoms with E-state index in [9.17, 15) is 0 Å². The minimum atomic E-state index is 0.210. The van der Waals surface area contributed by atoms with Crippen LogP contribution in [0, 0.1) is 5.92 Å². The van der Waals surface area contributed by atoms with Crippen molar-refractivity contribution in [1.82, 2.24) is 5.32 Å². The van der Waals surface area contributed by atoms with Gasteiger partial charge in [-0.2, -0.15) is 0 Å². The summed E-state index contributed by atoms with van der Waals surface area (Å²) in [5.41, 5.74) is 1.13. The summed E-state index contributed by atoms with van der Waals surface area (Å²) in [6.45, 7) is 7.17. The van der Waals surface area contributed by atoms with Crippen LogP contribution in [0.4, 0.5) is 0 Å². The van der Waals surface area contributed by atoms with E-state index in [4.69, 9.17) is 27.9 Å². The molecule has 0 radical (unpaired) electrons. The molecule has 0 aliphatic heterocycles. The third kappa shape index (κ3) is 4.43. The number of ether oxygens (including phenoxy) is 1. The molecule has 2 unspecified atom stereocenters. The molecule has 0 saturated carbocycles. The number of nitrogens with one attached hydrogen (secondary N) is 1. The maximum Gasteiger partial charge on any atom is 0.0618 e. The summed E-state index contributed by atoms with van der Waals surface area (Å²) in [5.74, 6) is 0.509. The first-order valence-electron chi connectivity index (χ1n) is 6.15. The van der Waals surface area contributed by atoms with Crippen molar-refractivity contribution < 1.29 is 4.74 Å². The first kappa shape index (κ1) is 15.8. The molecule has 2 atom stereocenters. The molecular formula is C14H21Cl2NO. The van der Waals surface area contributed by atoms with Crippen molar-refractivity contribution in [2.75, 3.05) is 13.7 Å².